The average molecular weight is 342 g/mol. The Kier molecular flexibility index (Phi) is 4.74. The fraction of sp³-hybridized carbons (Fsp3) is 0.167. The highest BCUT2D eigenvalue weighted by atomic mass is 19.1. The number of nitrogens with one attached hydrogen (secondary N) is 1. The molecule has 128 valence electrons. The number of hydrogen-bond acceptors (Lipinski definition) is 5. The Morgan fingerprint density at radius 3 is 2.84 bits per heavy atom. The molecule has 0 spiro atoms. The molecule has 3 rings (SSSR count). The van der Waals surface area contributed by atoms with Crippen LogP contribution >= 0.6 is 0 Å². The van der Waals surface area contributed by atoms with E-state index in [1.54, 1.807) is 37.3 Å². The number of halogens is 1. The van der Waals surface area contributed by atoms with Crippen LogP contribution in [0.1, 0.15) is 11.3 Å². The van der Waals surface area contributed by atoms with Crippen molar-refractivity contribution in [2.45, 2.75) is 13.3 Å². The number of hydrogen-bond donors (Lipinski definition) is 1. The quantitative estimate of drug-likeness (QED) is 0.721. The van der Waals surface area contributed by atoms with Gasteiger partial charge >= 0.3 is 5.97 Å². The molecule has 0 fully saturated rings. The van der Waals surface area contributed by atoms with Crippen molar-refractivity contribution in [3.05, 3.63) is 59.5 Å². The maximum atomic E-state index is 13.7. The minimum absolute atomic E-state index is 0.0362. The molecule has 0 aliphatic heterocycles. The largest absolute Gasteiger partial charge is 0.455 e. The van der Waals surface area contributed by atoms with Gasteiger partial charge in [-0.1, -0.05) is 23.4 Å². The van der Waals surface area contributed by atoms with Gasteiger partial charge in [-0.3, -0.25) is 9.59 Å². The van der Waals surface area contributed by atoms with Crippen molar-refractivity contribution in [3.8, 4) is 0 Å². The molecular formula is C18H15FN2O4. The molecule has 0 saturated carbocycles. The van der Waals surface area contributed by atoms with Gasteiger partial charge in [0.1, 0.15) is 11.5 Å². The van der Waals surface area contributed by atoms with E-state index < -0.39 is 24.3 Å². The lowest BCUT2D eigenvalue weighted by molar-refractivity contribution is -0.146. The molecule has 0 bridgehead atoms. The first-order chi connectivity index (χ1) is 12.0. The summed E-state index contributed by atoms with van der Waals surface area (Å²) in [5, 5.41) is 6.89. The van der Waals surface area contributed by atoms with Crippen molar-refractivity contribution >= 4 is 28.5 Å². The number of benzene rings is 2. The SMILES string of the molecule is Cc1ccc(NC(=O)COC(=O)Cc2noc3ccccc23)c(F)c1. The van der Waals surface area contributed by atoms with Crippen LogP contribution in [0.5, 0.6) is 0 Å². The van der Waals surface area contributed by atoms with Gasteiger partial charge in [-0.2, -0.15) is 0 Å². The van der Waals surface area contributed by atoms with E-state index in [0.717, 1.165) is 5.56 Å². The van der Waals surface area contributed by atoms with Gasteiger partial charge in [-0.25, -0.2) is 4.39 Å². The van der Waals surface area contributed by atoms with E-state index in [1.807, 2.05) is 0 Å². The number of rotatable bonds is 5. The normalized spacial score (nSPS) is 10.6. The summed E-state index contributed by atoms with van der Waals surface area (Å²) < 4.78 is 23.7. The van der Waals surface area contributed by atoms with Crippen molar-refractivity contribution in [2.75, 3.05) is 11.9 Å². The second kappa shape index (κ2) is 7.12. The van der Waals surface area contributed by atoms with Crippen LogP contribution in [0.25, 0.3) is 11.0 Å². The van der Waals surface area contributed by atoms with Crippen LogP contribution in [0.2, 0.25) is 0 Å². The molecule has 1 aromatic heterocycles. The van der Waals surface area contributed by atoms with E-state index in [1.165, 1.54) is 12.1 Å². The standard InChI is InChI=1S/C18H15FN2O4/c1-11-6-7-14(13(19)8-11)20-17(22)10-24-18(23)9-15-12-4-2-3-5-16(12)25-21-15/h2-8H,9-10H2,1H3,(H,20,22). The fourth-order valence-corrected chi connectivity index (χ4v) is 2.31. The van der Waals surface area contributed by atoms with Crippen LogP contribution < -0.4 is 5.32 Å². The summed E-state index contributed by atoms with van der Waals surface area (Å²) in [6.45, 7) is 1.23. The van der Waals surface area contributed by atoms with Gasteiger partial charge in [0.05, 0.1) is 12.1 Å². The first kappa shape index (κ1) is 16.6. The van der Waals surface area contributed by atoms with Crippen molar-refractivity contribution in [1.82, 2.24) is 5.16 Å². The molecule has 1 heterocycles. The highest BCUT2D eigenvalue weighted by Crippen LogP contribution is 2.18. The predicted octanol–water partition coefficient (Wildman–Crippen LogP) is 3.00. The van der Waals surface area contributed by atoms with Crippen LogP contribution in [-0.4, -0.2) is 23.6 Å². The van der Waals surface area contributed by atoms with Crippen molar-refractivity contribution < 1.29 is 23.2 Å². The maximum Gasteiger partial charge on any atom is 0.312 e. The number of carbonyl (C=O) groups is 2. The maximum absolute atomic E-state index is 13.7. The monoisotopic (exact) mass is 342 g/mol. The Labute approximate surface area is 142 Å². The summed E-state index contributed by atoms with van der Waals surface area (Å²) in [7, 11) is 0. The summed E-state index contributed by atoms with van der Waals surface area (Å²) in [5.74, 6) is -1.80. The summed E-state index contributed by atoms with van der Waals surface area (Å²) >= 11 is 0. The molecule has 25 heavy (non-hydrogen) atoms. The molecule has 1 amide bonds. The van der Waals surface area contributed by atoms with Gasteiger partial charge < -0.3 is 14.6 Å². The Morgan fingerprint density at radius 2 is 2.04 bits per heavy atom. The minimum Gasteiger partial charge on any atom is -0.455 e. The number of carbonyl (C=O) groups excluding carboxylic acids is 2. The smallest absolute Gasteiger partial charge is 0.312 e. The van der Waals surface area contributed by atoms with Gasteiger partial charge in [0.15, 0.2) is 12.2 Å². The number of aryl methyl sites for hydroxylation is 1. The van der Waals surface area contributed by atoms with Crippen molar-refractivity contribution in [1.29, 1.82) is 0 Å². The number of anilines is 1. The molecule has 0 saturated heterocycles. The number of ether oxygens (including phenoxy) is 1. The lowest BCUT2D eigenvalue weighted by Gasteiger charge is -2.07. The Balaban J connectivity index is 1.54. The van der Waals surface area contributed by atoms with Gasteiger partial charge in [0.25, 0.3) is 5.91 Å². The molecule has 6 nitrogen and oxygen atoms in total. The van der Waals surface area contributed by atoms with Crippen molar-refractivity contribution in [3.63, 3.8) is 0 Å². The molecule has 0 unspecified atom stereocenters. The number of para-hydroxylation sites is 1. The number of amides is 1. The van der Waals surface area contributed by atoms with Crippen LogP contribution in [0, 0.1) is 12.7 Å². The zero-order valence-electron chi connectivity index (χ0n) is 13.4. The summed E-state index contributed by atoms with van der Waals surface area (Å²) in [6, 6.07) is 11.5. The van der Waals surface area contributed by atoms with E-state index in [-0.39, 0.29) is 12.1 Å². The number of fused-ring (bicyclic) bond motifs is 1. The fourth-order valence-electron chi connectivity index (χ4n) is 2.31. The van der Waals surface area contributed by atoms with Crippen molar-refractivity contribution in [2.24, 2.45) is 0 Å². The van der Waals surface area contributed by atoms with E-state index in [9.17, 15) is 14.0 Å². The predicted molar refractivity (Wildman–Crippen MR) is 88.4 cm³/mol. The van der Waals surface area contributed by atoms with E-state index in [0.29, 0.717) is 16.7 Å². The van der Waals surface area contributed by atoms with E-state index in [2.05, 4.69) is 10.5 Å². The number of aromatic nitrogens is 1. The van der Waals surface area contributed by atoms with Gasteiger partial charge in [0, 0.05) is 5.39 Å². The van der Waals surface area contributed by atoms with E-state index in [4.69, 9.17) is 9.26 Å². The Morgan fingerprint density at radius 1 is 1.24 bits per heavy atom. The third-order valence-corrected chi connectivity index (χ3v) is 3.53. The van der Waals surface area contributed by atoms with Gasteiger partial charge in [-0.05, 0) is 36.8 Å². The first-order valence-electron chi connectivity index (χ1n) is 7.58. The molecule has 0 radical (unpaired) electrons. The highest BCUT2D eigenvalue weighted by molar-refractivity contribution is 5.93. The number of nitrogens with zero attached hydrogens (tertiary/aromatic N) is 1. The molecule has 1 N–H and O–H groups in total. The number of esters is 1. The molecule has 3 aromatic rings. The summed E-state index contributed by atoms with van der Waals surface area (Å²) in [6.07, 6.45) is -0.122. The van der Waals surface area contributed by atoms with E-state index >= 15 is 0 Å². The molecule has 7 heteroatoms. The van der Waals surface area contributed by atoms with Crippen LogP contribution in [0.15, 0.2) is 47.0 Å². The third-order valence-electron chi connectivity index (χ3n) is 3.53. The van der Waals surface area contributed by atoms with Gasteiger partial charge in [-0.15, -0.1) is 0 Å². The molecule has 0 aliphatic rings. The molecular weight excluding hydrogens is 327 g/mol. The summed E-state index contributed by atoms with van der Waals surface area (Å²) in [4.78, 5) is 23.6. The van der Waals surface area contributed by atoms with Crippen LogP contribution in [-0.2, 0) is 20.7 Å². The Bertz CT molecular complexity index is 936. The zero-order chi connectivity index (χ0) is 17.8. The van der Waals surface area contributed by atoms with Crippen LogP contribution in [0.3, 0.4) is 0 Å². The molecule has 0 aliphatic carbocycles. The first-order valence-corrected chi connectivity index (χ1v) is 7.58. The Hall–Kier alpha value is -3.22. The average Bonchev–Trinajstić information content (AvgIpc) is 2.99. The molecule has 2 aromatic carbocycles. The third kappa shape index (κ3) is 4.00. The summed E-state index contributed by atoms with van der Waals surface area (Å²) in [5.41, 5.74) is 1.78. The highest BCUT2D eigenvalue weighted by Gasteiger charge is 2.15. The zero-order valence-corrected chi connectivity index (χ0v) is 13.4. The minimum atomic E-state index is -0.626. The second-order valence-electron chi connectivity index (χ2n) is 5.49. The van der Waals surface area contributed by atoms with Gasteiger partial charge in [0.2, 0.25) is 0 Å². The van der Waals surface area contributed by atoms with Crippen LogP contribution in [0.4, 0.5) is 10.1 Å². The molecule has 0 atom stereocenters. The lowest BCUT2D eigenvalue weighted by Crippen LogP contribution is -2.22. The lowest BCUT2D eigenvalue weighted by atomic mass is 10.2. The topological polar surface area (TPSA) is 81.4 Å². The second-order valence-corrected chi connectivity index (χ2v) is 5.49.